The predicted octanol–water partition coefficient (Wildman–Crippen LogP) is 2.27. The third-order valence-corrected chi connectivity index (χ3v) is 4.39. The first-order valence-electron chi connectivity index (χ1n) is 7.47. The van der Waals surface area contributed by atoms with Gasteiger partial charge in [-0.1, -0.05) is 0 Å². The van der Waals surface area contributed by atoms with Crippen LogP contribution in [0.4, 0.5) is 0 Å². The third-order valence-electron chi connectivity index (χ3n) is 4.39. The molecule has 2 saturated heterocycles. The quantitative estimate of drug-likeness (QED) is 0.836. The highest BCUT2D eigenvalue weighted by Gasteiger charge is 2.38. The van der Waals surface area contributed by atoms with E-state index in [0.29, 0.717) is 5.54 Å². The van der Waals surface area contributed by atoms with E-state index in [0.717, 1.165) is 25.7 Å². The highest BCUT2D eigenvalue weighted by Crippen LogP contribution is 2.31. The molecule has 0 amide bonds. The highest BCUT2D eigenvalue weighted by atomic mass is 16.5. The fourth-order valence-electron chi connectivity index (χ4n) is 3.11. The van der Waals surface area contributed by atoms with E-state index in [1.807, 2.05) is 0 Å². The molecule has 3 heteroatoms. The van der Waals surface area contributed by atoms with Crippen molar-refractivity contribution >= 4 is 0 Å². The van der Waals surface area contributed by atoms with Gasteiger partial charge < -0.3 is 10.1 Å². The van der Waals surface area contributed by atoms with Gasteiger partial charge in [0.05, 0.1) is 6.61 Å². The summed E-state index contributed by atoms with van der Waals surface area (Å²) < 4.78 is 5.69. The second-order valence-corrected chi connectivity index (χ2v) is 7.38. The lowest BCUT2D eigenvalue weighted by molar-refractivity contribution is -0.0315. The molecule has 0 radical (unpaired) electrons. The normalized spacial score (nSPS) is 35.0. The Hall–Kier alpha value is -0.120. The van der Waals surface area contributed by atoms with Gasteiger partial charge in [0.15, 0.2) is 0 Å². The minimum atomic E-state index is 0.241. The Morgan fingerprint density at radius 1 is 1.39 bits per heavy atom. The molecule has 2 aliphatic rings. The molecule has 2 aliphatic heterocycles. The molecule has 1 N–H and O–H groups in total. The van der Waals surface area contributed by atoms with Crippen molar-refractivity contribution in [1.82, 2.24) is 10.2 Å². The molecule has 0 bridgehead atoms. The number of ether oxygens (including phenoxy) is 1. The summed E-state index contributed by atoms with van der Waals surface area (Å²) in [6.45, 7) is 14.6. The van der Waals surface area contributed by atoms with Crippen LogP contribution < -0.4 is 5.32 Å². The number of rotatable bonds is 3. The van der Waals surface area contributed by atoms with Crippen LogP contribution in [-0.2, 0) is 4.74 Å². The summed E-state index contributed by atoms with van der Waals surface area (Å²) in [5, 5.41) is 3.64. The number of nitrogens with zero attached hydrogens (tertiary/aromatic N) is 1. The van der Waals surface area contributed by atoms with Crippen molar-refractivity contribution in [3.8, 4) is 0 Å². The van der Waals surface area contributed by atoms with Crippen molar-refractivity contribution in [2.24, 2.45) is 5.92 Å². The van der Waals surface area contributed by atoms with E-state index in [2.05, 4.69) is 37.9 Å². The minimum absolute atomic E-state index is 0.241. The Morgan fingerprint density at radius 2 is 2.17 bits per heavy atom. The highest BCUT2D eigenvalue weighted by molar-refractivity contribution is 4.93. The van der Waals surface area contributed by atoms with Crippen molar-refractivity contribution in [3.63, 3.8) is 0 Å². The van der Waals surface area contributed by atoms with Gasteiger partial charge in [-0.05, 0) is 66.0 Å². The molecule has 0 aromatic carbocycles. The van der Waals surface area contributed by atoms with Crippen LogP contribution in [0.5, 0.6) is 0 Å². The molecule has 2 heterocycles. The molecule has 3 nitrogen and oxygen atoms in total. The number of nitrogens with one attached hydrogen (secondary N) is 1. The lowest BCUT2D eigenvalue weighted by atomic mass is 9.93. The van der Waals surface area contributed by atoms with E-state index in [1.165, 1.54) is 32.4 Å². The van der Waals surface area contributed by atoms with Crippen molar-refractivity contribution in [2.75, 3.05) is 32.8 Å². The maximum atomic E-state index is 5.69. The molecule has 2 fully saturated rings. The molecule has 0 aliphatic carbocycles. The Morgan fingerprint density at radius 3 is 2.78 bits per heavy atom. The Kier molecular flexibility index (Phi) is 4.35. The first kappa shape index (κ1) is 14.3. The van der Waals surface area contributed by atoms with Crippen LogP contribution in [0, 0.1) is 5.92 Å². The maximum absolute atomic E-state index is 5.69. The van der Waals surface area contributed by atoms with Crippen LogP contribution >= 0.6 is 0 Å². The molecule has 106 valence electrons. The second kappa shape index (κ2) is 5.48. The van der Waals surface area contributed by atoms with Crippen LogP contribution in [-0.4, -0.2) is 48.8 Å². The molecule has 2 rings (SSSR count). The van der Waals surface area contributed by atoms with E-state index in [9.17, 15) is 0 Å². The van der Waals surface area contributed by atoms with Gasteiger partial charge in [-0.15, -0.1) is 0 Å². The van der Waals surface area contributed by atoms with Gasteiger partial charge in [0, 0.05) is 24.2 Å². The largest absolute Gasteiger partial charge is 0.380 e. The number of likely N-dealkylation sites (tertiary alicyclic amines) is 1. The van der Waals surface area contributed by atoms with Gasteiger partial charge in [-0.2, -0.15) is 0 Å². The Balaban J connectivity index is 1.80. The molecule has 0 saturated carbocycles. The van der Waals surface area contributed by atoms with Gasteiger partial charge in [-0.3, -0.25) is 4.90 Å². The predicted molar refractivity (Wildman–Crippen MR) is 75.9 cm³/mol. The summed E-state index contributed by atoms with van der Waals surface area (Å²) >= 11 is 0. The zero-order valence-corrected chi connectivity index (χ0v) is 12.6. The molecule has 0 aromatic rings. The van der Waals surface area contributed by atoms with Gasteiger partial charge in [0.2, 0.25) is 0 Å². The van der Waals surface area contributed by atoms with Gasteiger partial charge in [0.1, 0.15) is 0 Å². The van der Waals surface area contributed by atoms with E-state index in [4.69, 9.17) is 4.74 Å². The van der Waals surface area contributed by atoms with Crippen LogP contribution in [0.25, 0.3) is 0 Å². The fraction of sp³-hybridized carbons (Fsp3) is 1.00. The van der Waals surface area contributed by atoms with Crippen LogP contribution in [0.1, 0.15) is 47.0 Å². The summed E-state index contributed by atoms with van der Waals surface area (Å²) in [5.41, 5.74) is 0.542. The summed E-state index contributed by atoms with van der Waals surface area (Å²) in [7, 11) is 0. The lowest BCUT2D eigenvalue weighted by Gasteiger charge is -2.41. The molecular formula is C15H30N2O. The van der Waals surface area contributed by atoms with Crippen molar-refractivity contribution in [1.29, 1.82) is 0 Å². The van der Waals surface area contributed by atoms with Gasteiger partial charge in [0.25, 0.3) is 0 Å². The van der Waals surface area contributed by atoms with Gasteiger partial charge >= 0.3 is 0 Å². The number of hydrogen-bond acceptors (Lipinski definition) is 3. The van der Waals surface area contributed by atoms with Crippen LogP contribution in [0.15, 0.2) is 0 Å². The summed E-state index contributed by atoms with van der Waals surface area (Å²) in [6, 6.07) is 0. The summed E-state index contributed by atoms with van der Waals surface area (Å²) in [6.07, 6.45) is 3.85. The van der Waals surface area contributed by atoms with E-state index in [1.54, 1.807) is 0 Å². The summed E-state index contributed by atoms with van der Waals surface area (Å²) in [4.78, 5) is 2.67. The molecule has 2 unspecified atom stereocenters. The monoisotopic (exact) mass is 254 g/mol. The maximum Gasteiger partial charge on any atom is 0.0647 e. The average molecular weight is 254 g/mol. The SMILES string of the molecule is CC(C)(C)NCC1CCN(C2(C)CCCOC2)C1. The minimum Gasteiger partial charge on any atom is -0.380 e. The first-order valence-corrected chi connectivity index (χ1v) is 7.47. The van der Waals surface area contributed by atoms with Crippen molar-refractivity contribution in [2.45, 2.75) is 58.0 Å². The summed E-state index contributed by atoms with van der Waals surface area (Å²) in [5.74, 6) is 0.808. The smallest absolute Gasteiger partial charge is 0.0647 e. The zero-order chi connectivity index (χ0) is 13.2. The zero-order valence-electron chi connectivity index (χ0n) is 12.6. The topological polar surface area (TPSA) is 24.5 Å². The Bertz CT molecular complexity index is 266. The second-order valence-electron chi connectivity index (χ2n) is 7.38. The van der Waals surface area contributed by atoms with Crippen LogP contribution in [0.2, 0.25) is 0 Å². The third kappa shape index (κ3) is 3.69. The van der Waals surface area contributed by atoms with E-state index in [-0.39, 0.29) is 5.54 Å². The standard InChI is InChI=1S/C15H30N2O/c1-14(2,3)16-10-13-6-8-17(11-13)15(4)7-5-9-18-12-15/h13,16H,5-12H2,1-4H3. The Labute approximate surface area is 112 Å². The molecule has 2 atom stereocenters. The van der Waals surface area contributed by atoms with Crippen LogP contribution in [0.3, 0.4) is 0 Å². The fourth-order valence-corrected chi connectivity index (χ4v) is 3.11. The van der Waals surface area contributed by atoms with E-state index >= 15 is 0 Å². The molecule has 0 aromatic heterocycles. The lowest BCUT2D eigenvalue weighted by Crippen LogP contribution is -2.51. The van der Waals surface area contributed by atoms with Crippen molar-refractivity contribution in [3.05, 3.63) is 0 Å². The molecular weight excluding hydrogens is 224 g/mol. The van der Waals surface area contributed by atoms with E-state index < -0.39 is 0 Å². The molecule has 0 spiro atoms. The average Bonchev–Trinajstić information content (AvgIpc) is 2.76. The first-order chi connectivity index (χ1) is 8.39. The molecule has 18 heavy (non-hydrogen) atoms. The van der Waals surface area contributed by atoms with Crippen molar-refractivity contribution < 1.29 is 4.74 Å². The van der Waals surface area contributed by atoms with Gasteiger partial charge in [-0.25, -0.2) is 0 Å². The number of hydrogen-bond donors (Lipinski definition) is 1.